The fraction of sp³-hybridized carbons (Fsp3) is 0.294. The predicted octanol–water partition coefficient (Wildman–Crippen LogP) is 4.65. The van der Waals surface area contributed by atoms with Crippen LogP contribution in [0.15, 0.2) is 57.9 Å². The molecular formula is C17H18BrNOS. The van der Waals surface area contributed by atoms with E-state index in [2.05, 4.69) is 57.6 Å². The van der Waals surface area contributed by atoms with Crippen molar-refractivity contribution in [1.29, 1.82) is 0 Å². The van der Waals surface area contributed by atoms with Gasteiger partial charge in [0.1, 0.15) is 5.75 Å². The normalized spacial score (nSPS) is 17.1. The van der Waals surface area contributed by atoms with Crippen LogP contribution in [0.25, 0.3) is 0 Å². The Hall–Kier alpha value is -0.970. The van der Waals surface area contributed by atoms with Crippen LogP contribution in [-0.2, 0) is 0 Å². The van der Waals surface area contributed by atoms with E-state index in [0.717, 1.165) is 35.5 Å². The molecule has 0 amide bonds. The zero-order chi connectivity index (χ0) is 14.5. The minimum absolute atomic E-state index is 0.391. The highest BCUT2D eigenvalue weighted by Gasteiger charge is 2.20. The number of ether oxygens (including phenoxy) is 1. The second-order valence-corrected chi connectivity index (χ2v) is 7.07. The maximum absolute atomic E-state index is 5.72. The second-order valence-electron chi connectivity index (χ2n) is 4.99. The Bertz CT molecular complexity index is 591. The number of fused-ring (bicyclic) bond motifs is 1. The van der Waals surface area contributed by atoms with Crippen molar-refractivity contribution in [3.05, 3.63) is 58.6 Å². The molecule has 1 aliphatic heterocycles. The van der Waals surface area contributed by atoms with Crippen LogP contribution < -0.4 is 10.1 Å². The number of nitrogens with one attached hydrogen (secondary N) is 1. The lowest BCUT2D eigenvalue weighted by molar-refractivity contribution is 0.254. The van der Waals surface area contributed by atoms with E-state index in [-0.39, 0.29) is 0 Å². The molecule has 0 saturated carbocycles. The summed E-state index contributed by atoms with van der Waals surface area (Å²) in [5.41, 5.74) is 1.26. The highest BCUT2D eigenvalue weighted by Crippen LogP contribution is 2.34. The first kappa shape index (κ1) is 14.9. The van der Waals surface area contributed by atoms with Crippen LogP contribution in [0.2, 0.25) is 0 Å². The molecule has 2 aromatic rings. The van der Waals surface area contributed by atoms with Crippen molar-refractivity contribution in [3.63, 3.8) is 0 Å². The summed E-state index contributed by atoms with van der Waals surface area (Å²) in [6.45, 7) is 1.79. The van der Waals surface area contributed by atoms with E-state index < -0.39 is 0 Å². The molecule has 21 heavy (non-hydrogen) atoms. The number of rotatable bonds is 5. The van der Waals surface area contributed by atoms with E-state index in [1.54, 1.807) is 0 Å². The first-order chi connectivity index (χ1) is 10.3. The number of thioether (sulfide) groups is 1. The van der Waals surface area contributed by atoms with Crippen molar-refractivity contribution in [1.82, 2.24) is 5.32 Å². The van der Waals surface area contributed by atoms with Crippen LogP contribution >= 0.6 is 27.7 Å². The summed E-state index contributed by atoms with van der Waals surface area (Å²) in [6, 6.07) is 17.2. The Kier molecular flexibility index (Phi) is 5.22. The molecule has 1 unspecified atom stereocenters. The standard InChI is InChI=1S/C17H18BrNOS/c18-13-6-7-17-15(12-13)16(8-10-20-17)19-9-11-21-14-4-2-1-3-5-14/h1-7,12,16,19H,8-11H2. The molecule has 0 bridgehead atoms. The van der Waals surface area contributed by atoms with Gasteiger partial charge in [-0.1, -0.05) is 34.1 Å². The largest absolute Gasteiger partial charge is 0.493 e. The lowest BCUT2D eigenvalue weighted by atomic mass is 10.0. The molecular weight excluding hydrogens is 346 g/mol. The summed E-state index contributed by atoms with van der Waals surface area (Å²) >= 11 is 5.43. The molecule has 0 saturated heterocycles. The Balaban J connectivity index is 1.54. The van der Waals surface area contributed by atoms with Crippen molar-refractivity contribution < 1.29 is 4.74 Å². The Labute approximate surface area is 138 Å². The number of hydrogen-bond acceptors (Lipinski definition) is 3. The van der Waals surface area contributed by atoms with Crippen LogP contribution in [-0.4, -0.2) is 18.9 Å². The molecule has 0 fully saturated rings. The third-order valence-corrected chi connectivity index (χ3v) is 5.02. The zero-order valence-corrected chi connectivity index (χ0v) is 14.1. The van der Waals surface area contributed by atoms with Crippen LogP contribution in [0.1, 0.15) is 18.0 Å². The average Bonchev–Trinajstić information content (AvgIpc) is 2.53. The number of halogens is 1. The molecule has 2 aromatic carbocycles. The first-order valence-corrected chi connectivity index (χ1v) is 8.94. The van der Waals surface area contributed by atoms with Crippen LogP contribution in [0, 0.1) is 0 Å². The molecule has 0 radical (unpaired) electrons. The summed E-state index contributed by atoms with van der Waals surface area (Å²) in [5, 5.41) is 3.65. The Morgan fingerprint density at radius 3 is 2.90 bits per heavy atom. The summed E-state index contributed by atoms with van der Waals surface area (Å²) < 4.78 is 6.83. The lowest BCUT2D eigenvalue weighted by Gasteiger charge is -2.27. The van der Waals surface area contributed by atoms with Gasteiger partial charge >= 0.3 is 0 Å². The molecule has 0 aromatic heterocycles. The summed E-state index contributed by atoms with van der Waals surface area (Å²) in [5.74, 6) is 2.09. The molecule has 1 heterocycles. The third kappa shape index (κ3) is 4.02. The molecule has 3 rings (SSSR count). The van der Waals surface area contributed by atoms with Gasteiger partial charge in [0.25, 0.3) is 0 Å². The summed E-state index contributed by atoms with van der Waals surface area (Å²) in [6.07, 6.45) is 1.03. The number of benzene rings is 2. The SMILES string of the molecule is Brc1ccc2c(c1)C(NCCSc1ccccc1)CCO2. The van der Waals surface area contributed by atoms with Gasteiger partial charge in [0.2, 0.25) is 0 Å². The van der Waals surface area contributed by atoms with E-state index in [1.807, 2.05) is 23.9 Å². The van der Waals surface area contributed by atoms with Gasteiger partial charge in [-0.25, -0.2) is 0 Å². The highest BCUT2D eigenvalue weighted by atomic mass is 79.9. The zero-order valence-electron chi connectivity index (χ0n) is 11.7. The van der Waals surface area contributed by atoms with Gasteiger partial charge in [0.15, 0.2) is 0 Å². The topological polar surface area (TPSA) is 21.3 Å². The fourth-order valence-electron chi connectivity index (χ4n) is 2.50. The van der Waals surface area contributed by atoms with E-state index in [9.17, 15) is 0 Å². The second kappa shape index (κ2) is 7.34. The average molecular weight is 364 g/mol. The molecule has 1 atom stereocenters. The van der Waals surface area contributed by atoms with Gasteiger partial charge in [0, 0.05) is 39.7 Å². The van der Waals surface area contributed by atoms with Crippen molar-refractivity contribution in [2.75, 3.05) is 18.9 Å². The van der Waals surface area contributed by atoms with E-state index in [4.69, 9.17) is 4.74 Å². The van der Waals surface area contributed by atoms with Crippen molar-refractivity contribution in [2.24, 2.45) is 0 Å². The molecule has 2 nitrogen and oxygen atoms in total. The molecule has 110 valence electrons. The van der Waals surface area contributed by atoms with E-state index in [0.29, 0.717) is 6.04 Å². The smallest absolute Gasteiger partial charge is 0.124 e. The van der Waals surface area contributed by atoms with E-state index >= 15 is 0 Å². The van der Waals surface area contributed by atoms with Crippen molar-refractivity contribution in [2.45, 2.75) is 17.4 Å². The molecule has 4 heteroatoms. The summed E-state index contributed by atoms with van der Waals surface area (Å²) in [4.78, 5) is 1.33. The van der Waals surface area contributed by atoms with Gasteiger partial charge in [0.05, 0.1) is 6.61 Å². The fourth-order valence-corrected chi connectivity index (χ4v) is 3.68. The van der Waals surface area contributed by atoms with Crippen LogP contribution in [0.4, 0.5) is 0 Å². The van der Waals surface area contributed by atoms with Gasteiger partial charge in [-0.2, -0.15) is 0 Å². The maximum atomic E-state index is 5.72. The van der Waals surface area contributed by atoms with E-state index in [1.165, 1.54) is 10.5 Å². The quantitative estimate of drug-likeness (QED) is 0.616. The molecule has 0 aliphatic carbocycles. The summed E-state index contributed by atoms with van der Waals surface area (Å²) in [7, 11) is 0. The van der Waals surface area contributed by atoms with Crippen molar-refractivity contribution >= 4 is 27.7 Å². The Morgan fingerprint density at radius 2 is 2.05 bits per heavy atom. The van der Waals surface area contributed by atoms with Gasteiger partial charge in [-0.05, 0) is 30.3 Å². The van der Waals surface area contributed by atoms with Crippen LogP contribution in [0.5, 0.6) is 5.75 Å². The van der Waals surface area contributed by atoms with Gasteiger partial charge in [-0.3, -0.25) is 0 Å². The predicted molar refractivity (Wildman–Crippen MR) is 92.2 cm³/mol. The van der Waals surface area contributed by atoms with Crippen LogP contribution in [0.3, 0.4) is 0 Å². The highest BCUT2D eigenvalue weighted by molar-refractivity contribution is 9.10. The van der Waals surface area contributed by atoms with Crippen molar-refractivity contribution in [3.8, 4) is 5.75 Å². The molecule has 1 N–H and O–H groups in total. The lowest BCUT2D eigenvalue weighted by Crippen LogP contribution is -2.28. The third-order valence-electron chi connectivity index (χ3n) is 3.52. The maximum Gasteiger partial charge on any atom is 0.124 e. The molecule has 1 aliphatic rings. The van der Waals surface area contributed by atoms with Gasteiger partial charge < -0.3 is 10.1 Å². The minimum atomic E-state index is 0.391. The number of hydrogen-bond donors (Lipinski definition) is 1. The Morgan fingerprint density at radius 1 is 1.19 bits per heavy atom. The minimum Gasteiger partial charge on any atom is -0.493 e. The first-order valence-electron chi connectivity index (χ1n) is 7.16. The molecule has 0 spiro atoms. The monoisotopic (exact) mass is 363 g/mol. The van der Waals surface area contributed by atoms with Gasteiger partial charge in [-0.15, -0.1) is 11.8 Å².